The second kappa shape index (κ2) is 7.04. The SMILES string of the molecule is CCC(NCc1nc(C(C)(C)C)cs1)C1CCCCC1. The number of aromatic nitrogens is 1. The standard InChI is InChI=1S/C17H30N2S/c1-5-14(13-9-7-6-8-10-13)18-11-16-19-15(12-20-16)17(2,3)4/h12-14,18H,5-11H2,1-4H3. The third-order valence-corrected chi connectivity index (χ3v) is 5.34. The van der Waals surface area contributed by atoms with Gasteiger partial charge in [0, 0.05) is 23.4 Å². The highest BCUT2D eigenvalue weighted by molar-refractivity contribution is 7.09. The molecule has 0 aromatic carbocycles. The van der Waals surface area contributed by atoms with Gasteiger partial charge in [0.1, 0.15) is 5.01 Å². The monoisotopic (exact) mass is 294 g/mol. The quantitative estimate of drug-likeness (QED) is 0.836. The van der Waals surface area contributed by atoms with Crippen molar-refractivity contribution >= 4 is 11.3 Å². The number of thiazole rings is 1. The summed E-state index contributed by atoms with van der Waals surface area (Å²) in [6.07, 6.45) is 8.35. The molecule has 20 heavy (non-hydrogen) atoms. The summed E-state index contributed by atoms with van der Waals surface area (Å²) in [5.74, 6) is 0.885. The van der Waals surface area contributed by atoms with Crippen LogP contribution in [0.5, 0.6) is 0 Å². The van der Waals surface area contributed by atoms with Crippen LogP contribution >= 0.6 is 11.3 Å². The van der Waals surface area contributed by atoms with Gasteiger partial charge in [-0.25, -0.2) is 4.98 Å². The van der Waals surface area contributed by atoms with Crippen molar-refractivity contribution in [3.8, 4) is 0 Å². The van der Waals surface area contributed by atoms with E-state index in [1.807, 2.05) is 0 Å². The van der Waals surface area contributed by atoms with Gasteiger partial charge in [-0.15, -0.1) is 11.3 Å². The maximum absolute atomic E-state index is 4.79. The highest BCUT2D eigenvalue weighted by Gasteiger charge is 2.22. The highest BCUT2D eigenvalue weighted by atomic mass is 32.1. The van der Waals surface area contributed by atoms with Crippen LogP contribution in [-0.4, -0.2) is 11.0 Å². The lowest BCUT2D eigenvalue weighted by molar-refractivity contribution is 0.261. The van der Waals surface area contributed by atoms with Crippen LogP contribution < -0.4 is 5.32 Å². The molecule has 2 rings (SSSR count). The van der Waals surface area contributed by atoms with E-state index in [-0.39, 0.29) is 5.41 Å². The fourth-order valence-electron chi connectivity index (χ4n) is 3.14. The Bertz CT molecular complexity index is 399. The van der Waals surface area contributed by atoms with Crippen LogP contribution in [-0.2, 0) is 12.0 Å². The van der Waals surface area contributed by atoms with E-state index >= 15 is 0 Å². The van der Waals surface area contributed by atoms with Crippen molar-refractivity contribution in [2.24, 2.45) is 5.92 Å². The third-order valence-electron chi connectivity index (χ3n) is 4.49. The van der Waals surface area contributed by atoms with Crippen molar-refractivity contribution in [1.29, 1.82) is 0 Å². The number of nitrogens with one attached hydrogen (secondary N) is 1. The lowest BCUT2D eigenvalue weighted by atomic mass is 9.83. The van der Waals surface area contributed by atoms with Gasteiger partial charge in [0.2, 0.25) is 0 Å². The second-order valence-electron chi connectivity index (χ2n) is 7.17. The first-order valence-corrected chi connectivity index (χ1v) is 9.07. The summed E-state index contributed by atoms with van der Waals surface area (Å²) < 4.78 is 0. The van der Waals surface area contributed by atoms with Gasteiger partial charge in [-0.05, 0) is 25.2 Å². The largest absolute Gasteiger partial charge is 0.307 e. The average molecular weight is 295 g/mol. The molecule has 1 fully saturated rings. The minimum absolute atomic E-state index is 0.169. The molecular formula is C17H30N2S. The van der Waals surface area contributed by atoms with Crippen LogP contribution in [0.4, 0.5) is 0 Å². The maximum Gasteiger partial charge on any atom is 0.107 e. The molecule has 1 N–H and O–H groups in total. The molecule has 1 aliphatic carbocycles. The first-order valence-electron chi connectivity index (χ1n) is 8.19. The lowest BCUT2D eigenvalue weighted by Crippen LogP contribution is -2.36. The molecular weight excluding hydrogens is 264 g/mol. The predicted octanol–water partition coefficient (Wildman–Crippen LogP) is 4.89. The Kier molecular flexibility index (Phi) is 5.62. The molecule has 1 heterocycles. The minimum atomic E-state index is 0.169. The van der Waals surface area contributed by atoms with Crippen molar-refractivity contribution in [3.05, 3.63) is 16.1 Å². The number of hydrogen-bond acceptors (Lipinski definition) is 3. The fourth-order valence-corrected chi connectivity index (χ4v) is 4.11. The lowest BCUT2D eigenvalue weighted by Gasteiger charge is -2.30. The number of nitrogens with zero attached hydrogens (tertiary/aromatic N) is 1. The molecule has 0 spiro atoms. The van der Waals surface area contributed by atoms with Crippen molar-refractivity contribution in [2.45, 2.75) is 84.2 Å². The Hall–Kier alpha value is -0.410. The van der Waals surface area contributed by atoms with Gasteiger partial charge in [-0.2, -0.15) is 0 Å². The van der Waals surface area contributed by atoms with Gasteiger partial charge < -0.3 is 5.32 Å². The summed E-state index contributed by atoms with van der Waals surface area (Å²) >= 11 is 1.80. The van der Waals surface area contributed by atoms with E-state index < -0.39 is 0 Å². The molecule has 0 aliphatic heterocycles. The van der Waals surface area contributed by atoms with E-state index in [9.17, 15) is 0 Å². The Balaban J connectivity index is 1.88. The zero-order valence-corrected chi connectivity index (χ0v) is 14.4. The van der Waals surface area contributed by atoms with E-state index in [4.69, 9.17) is 4.98 Å². The van der Waals surface area contributed by atoms with Gasteiger partial charge in [-0.1, -0.05) is 47.0 Å². The molecule has 1 aliphatic rings. The predicted molar refractivity (Wildman–Crippen MR) is 88.3 cm³/mol. The van der Waals surface area contributed by atoms with E-state index in [2.05, 4.69) is 38.4 Å². The number of rotatable bonds is 5. The minimum Gasteiger partial charge on any atom is -0.307 e. The van der Waals surface area contributed by atoms with Gasteiger partial charge in [0.15, 0.2) is 0 Å². The Morgan fingerprint density at radius 3 is 2.55 bits per heavy atom. The molecule has 0 bridgehead atoms. The molecule has 1 aromatic rings. The summed E-state index contributed by atoms with van der Waals surface area (Å²) in [6.45, 7) is 9.95. The molecule has 0 amide bonds. The van der Waals surface area contributed by atoms with E-state index in [1.165, 1.54) is 49.2 Å². The zero-order chi connectivity index (χ0) is 14.6. The smallest absolute Gasteiger partial charge is 0.107 e. The fraction of sp³-hybridized carbons (Fsp3) is 0.824. The summed E-state index contributed by atoms with van der Waals surface area (Å²) in [6, 6.07) is 0.678. The molecule has 1 unspecified atom stereocenters. The Labute approximate surface area is 128 Å². The van der Waals surface area contributed by atoms with Crippen molar-refractivity contribution in [1.82, 2.24) is 10.3 Å². The van der Waals surface area contributed by atoms with Crippen molar-refractivity contribution < 1.29 is 0 Å². The highest BCUT2D eigenvalue weighted by Crippen LogP contribution is 2.28. The molecule has 114 valence electrons. The van der Waals surface area contributed by atoms with Crippen LogP contribution in [0.15, 0.2) is 5.38 Å². The summed E-state index contributed by atoms with van der Waals surface area (Å²) in [5, 5.41) is 7.23. The first kappa shape index (κ1) is 16.0. The molecule has 1 saturated carbocycles. The van der Waals surface area contributed by atoms with Crippen LogP contribution in [0.1, 0.15) is 76.9 Å². The van der Waals surface area contributed by atoms with Crippen LogP contribution in [0.3, 0.4) is 0 Å². The summed E-state index contributed by atoms with van der Waals surface area (Å²) in [5.41, 5.74) is 1.40. The van der Waals surface area contributed by atoms with Gasteiger partial charge in [0.05, 0.1) is 5.69 Å². The second-order valence-corrected chi connectivity index (χ2v) is 8.11. The van der Waals surface area contributed by atoms with E-state index in [1.54, 1.807) is 11.3 Å². The van der Waals surface area contributed by atoms with Crippen LogP contribution in [0, 0.1) is 5.92 Å². The topological polar surface area (TPSA) is 24.9 Å². The van der Waals surface area contributed by atoms with Gasteiger partial charge >= 0.3 is 0 Å². The van der Waals surface area contributed by atoms with Crippen LogP contribution in [0.2, 0.25) is 0 Å². The van der Waals surface area contributed by atoms with E-state index in [0.717, 1.165) is 12.5 Å². The van der Waals surface area contributed by atoms with E-state index in [0.29, 0.717) is 6.04 Å². The molecule has 3 heteroatoms. The molecule has 0 saturated heterocycles. The summed E-state index contributed by atoms with van der Waals surface area (Å²) in [7, 11) is 0. The number of hydrogen-bond donors (Lipinski definition) is 1. The Morgan fingerprint density at radius 2 is 2.00 bits per heavy atom. The van der Waals surface area contributed by atoms with Crippen molar-refractivity contribution in [3.63, 3.8) is 0 Å². The maximum atomic E-state index is 4.79. The first-order chi connectivity index (χ1) is 9.50. The summed E-state index contributed by atoms with van der Waals surface area (Å²) in [4.78, 5) is 4.79. The normalized spacial score (nSPS) is 19.2. The van der Waals surface area contributed by atoms with Crippen molar-refractivity contribution in [2.75, 3.05) is 0 Å². The molecule has 0 radical (unpaired) electrons. The van der Waals surface area contributed by atoms with Crippen LogP contribution in [0.25, 0.3) is 0 Å². The third kappa shape index (κ3) is 4.29. The van der Waals surface area contributed by atoms with Gasteiger partial charge in [0.25, 0.3) is 0 Å². The zero-order valence-electron chi connectivity index (χ0n) is 13.5. The Morgan fingerprint density at radius 1 is 1.30 bits per heavy atom. The molecule has 1 aromatic heterocycles. The molecule has 2 nitrogen and oxygen atoms in total. The van der Waals surface area contributed by atoms with Gasteiger partial charge in [-0.3, -0.25) is 0 Å². The average Bonchev–Trinajstić information content (AvgIpc) is 2.89. The molecule has 1 atom stereocenters.